The number of benzene rings is 2. The average Bonchev–Trinajstić information content (AvgIpc) is 3.50. The highest BCUT2D eigenvalue weighted by molar-refractivity contribution is 7.11. The second-order valence-corrected chi connectivity index (χ2v) is 11.3. The fourth-order valence-corrected chi connectivity index (χ4v) is 5.76. The van der Waals surface area contributed by atoms with Crippen LogP contribution in [0.15, 0.2) is 67.0 Å². The molecule has 5 aromatic rings. The molecule has 0 bridgehead atoms. The van der Waals surface area contributed by atoms with Crippen LogP contribution in [-0.4, -0.2) is 36.8 Å². The molecule has 2 aromatic carbocycles. The molecule has 0 saturated heterocycles. The number of ether oxygens (including phenoxy) is 2. The third-order valence-electron chi connectivity index (χ3n) is 6.91. The third-order valence-corrected chi connectivity index (χ3v) is 7.88. The molecule has 1 fully saturated rings. The van der Waals surface area contributed by atoms with Gasteiger partial charge in [0.2, 0.25) is 0 Å². The van der Waals surface area contributed by atoms with E-state index >= 15 is 0 Å². The molecule has 6 rings (SSSR count). The van der Waals surface area contributed by atoms with Crippen molar-refractivity contribution in [2.75, 3.05) is 12.3 Å². The Morgan fingerprint density at radius 3 is 2.59 bits per heavy atom. The number of rotatable bonds is 8. The minimum atomic E-state index is -1.07. The number of fused-ring (bicyclic) bond motifs is 1. The van der Waals surface area contributed by atoms with Crippen molar-refractivity contribution in [2.45, 2.75) is 37.9 Å². The van der Waals surface area contributed by atoms with Crippen LogP contribution in [-0.2, 0) is 6.61 Å². The number of hydrogen-bond acceptors (Lipinski definition) is 8. The van der Waals surface area contributed by atoms with Gasteiger partial charge in [-0.15, -0.1) is 11.3 Å². The van der Waals surface area contributed by atoms with Crippen LogP contribution >= 0.6 is 11.3 Å². The molecule has 0 aliphatic heterocycles. The molecule has 1 aliphatic rings. The Kier molecular flexibility index (Phi) is 6.46. The largest absolute Gasteiger partial charge is 0.488 e. The van der Waals surface area contributed by atoms with Gasteiger partial charge in [-0.2, -0.15) is 0 Å². The fraction of sp³-hybridized carbons (Fsp3) is 0.241. The van der Waals surface area contributed by atoms with Gasteiger partial charge in [0.15, 0.2) is 0 Å². The van der Waals surface area contributed by atoms with E-state index in [4.69, 9.17) is 20.2 Å². The lowest BCUT2D eigenvalue weighted by Crippen LogP contribution is -2.46. The molecule has 8 nitrogen and oxygen atoms in total. The Balaban J connectivity index is 1.22. The number of nitrogens with two attached hydrogens (primary N) is 1. The second-order valence-electron chi connectivity index (χ2n) is 9.89. The maximum atomic E-state index is 14.3. The predicted molar refractivity (Wildman–Crippen MR) is 147 cm³/mol. The summed E-state index contributed by atoms with van der Waals surface area (Å²) in [6.45, 7) is 2.10. The molecule has 3 aromatic heterocycles. The molecule has 0 spiro atoms. The Morgan fingerprint density at radius 1 is 1.10 bits per heavy atom. The first-order valence-corrected chi connectivity index (χ1v) is 13.3. The summed E-state index contributed by atoms with van der Waals surface area (Å²) >= 11 is 1.64. The van der Waals surface area contributed by atoms with E-state index < -0.39 is 11.4 Å². The normalized spacial score (nSPS) is 18.7. The molecule has 0 atom stereocenters. The van der Waals surface area contributed by atoms with Crippen molar-refractivity contribution in [3.05, 3.63) is 88.4 Å². The predicted octanol–water partition coefficient (Wildman–Crippen LogP) is 5.46. The summed E-state index contributed by atoms with van der Waals surface area (Å²) in [5.74, 6) is 1.87. The highest BCUT2D eigenvalue weighted by atomic mass is 32.1. The summed E-state index contributed by atoms with van der Waals surface area (Å²) in [7, 11) is 0. The van der Waals surface area contributed by atoms with Crippen molar-refractivity contribution >= 4 is 22.7 Å². The van der Waals surface area contributed by atoms with Crippen LogP contribution in [0.3, 0.4) is 0 Å². The number of aromatic nitrogens is 3. The molecular weight excluding hydrogens is 519 g/mol. The number of aliphatic hydroxyl groups excluding tert-OH is 1. The Bertz CT molecular complexity index is 1640. The Hall–Kier alpha value is -3.99. The van der Waals surface area contributed by atoms with Gasteiger partial charge < -0.3 is 25.4 Å². The smallest absolute Gasteiger partial charge is 0.150 e. The van der Waals surface area contributed by atoms with Crippen LogP contribution < -0.4 is 15.2 Å². The van der Waals surface area contributed by atoms with Crippen LogP contribution in [0.1, 0.15) is 34.3 Å². The van der Waals surface area contributed by atoms with Gasteiger partial charge in [-0.3, -0.25) is 4.40 Å². The Labute approximate surface area is 228 Å². The van der Waals surface area contributed by atoms with E-state index in [0.717, 1.165) is 16.3 Å². The molecule has 200 valence electrons. The zero-order valence-electron chi connectivity index (χ0n) is 21.2. The topological polar surface area (TPSA) is 115 Å². The van der Waals surface area contributed by atoms with Crippen LogP contribution in [0.2, 0.25) is 0 Å². The molecule has 0 radical (unpaired) electrons. The number of thiophene rings is 1. The van der Waals surface area contributed by atoms with Crippen molar-refractivity contribution in [3.8, 4) is 28.5 Å². The standard InChI is InChI=1S/C29H27FN4O4S/c1-17-2-7-24(39-17)15-37-22-10-20(30)11-23(12-22)38-21-5-3-18(4-6-21)25-26-27(31)32-8-9-34(26)28(33-25)19-13-29(36,14-19)16-35/h2-12,19,35-36H,13-16H2,1H3,(H2,31,32). The lowest BCUT2D eigenvalue weighted by atomic mass is 9.71. The van der Waals surface area contributed by atoms with Crippen LogP contribution in [0, 0.1) is 12.7 Å². The van der Waals surface area contributed by atoms with Crippen molar-refractivity contribution in [2.24, 2.45) is 0 Å². The van der Waals surface area contributed by atoms with Crippen molar-refractivity contribution < 1.29 is 24.1 Å². The van der Waals surface area contributed by atoms with E-state index in [9.17, 15) is 14.6 Å². The van der Waals surface area contributed by atoms with E-state index in [1.165, 1.54) is 17.0 Å². The number of halogens is 1. The van der Waals surface area contributed by atoms with Gasteiger partial charge in [0.1, 0.15) is 52.5 Å². The van der Waals surface area contributed by atoms with E-state index in [1.807, 2.05) is 35.6 Å². The fourth-order valence-electron chi connectivity index (χ4n) is 4.96. The number of aliphatic hydroxyl groups is 2. The van der Waals surface area contributed by atoms with Crippen molar-refractivity contribution in [1.29, 1.82) is 0 Å². The Morgan fingerprint density at radius 2 is 1.87 bits per heavy atom. The quantitative estimate of drug-likeness (QED) is 0.237. The second kappa shape index (κ2) is 9.96. The van der Waals surface area contributed by atoms with Gasteiger partial charge in [-0.25, -0.2) is 14.4 Å². The minimum Gasteiger partial charge on any atom is -0.488 e. The summed E-state index contributed by atoms with van der Waals surface area (Å²) in [5, 5.41) is 19.7. The lowest BCUT2D eigenvalue weighted by Gasteiger charge is -2.41. The zero-order chi connectivity index (χ0) is 27.1. The van der Waals surface area contributed by atoms with Gasteiger partial charge in [-0.1, -0.05) is 0 Å². The van der Waals surface area contributed by atoms with Gasteiger partial charge in [0, 0.05) is 51.8 Å². The molecule has 1 aliphatic carbocycles. The van der Waals surface area contributed by atoms with Gasteiger partial charge in [0.05, 0.1) is 12.2 Å². The van der Waals surface area contributed by atoms with Gasteiger partial charge in [-0.05, 0) is 56.2 Å². The number of hydrogen-bond donors (Lipinski definition) is 3. The molecule has 1 saturated carbocycles. The monoisotopic (exact) mass is 546 g/mol. The molecule has 0 amide bonds. The molecule has 39 heavy (non-hydrogen) atoms. The maximum absolute atomic E-state index is 14.3. The number of anilines is 1. The van der Waals surface area contributed by atoms with Gasteiger partial charge >= 0.3 is 0 Å². The maximum Gasteiger partial charge on any atom is 0.150 e. The number of aryl methyl sites for hydroxylation is 1. The first-order chi connectivity index (χ1) is 18.8. The summed E-state index contributed by atoms with van der Waals surface area (Å²) in [6.07, 6.45) is 4.25. The third kappa shape index (κ3) is 5.06. The van der Waals surface area contributed by atoms with E-state index in [0.29, 0.717) is 53.7 Å². The zero-order valence-corrected chi connectivity index (χ0v) is 22.0. The first-order valence-electron chi connectivity index (χ1n) is 12.5. The van der Waals surface area contributed by atoms with Crippen LogP contribution in [0.5, 0.6) is 17.2 Å². The first kappa shape index (κ1) is 25.3. The number of nitrogens with zero attached hydrogens (tertiary/aromatic N) is 3. The summed E-state index contributed by atoms with van der Waals surface area (Å²) in [4.78, 5) is 11.4. The molecule has 10 heteroatoms. The molecule has 4 N–H and O–H groups in total. The summed E-state index contributed by atoms with van der Waals surface area (Å²) in [6, 6.07) is 15.6. The van der Waals surface area contributed by atoms with Crippen molar-refractivity contribution in [3.63, 3.8) is 0 Å². The van der Waals surface area contributed by atoms with E-state index in [-0.39, 0.29) is 12.5 Å². The van der Waals surface area contributed by atoms with Crippen LogP contribution in [0.25, 0.3) is 16.8 Å². The average molecular weight is 547 g/mol. The molecular formula is C29H27FN4O4S. The van der Waals surface area contributed by atoms with Crippen molar-refractivity contribution in [1.82, 2.24) is 14.4 Å². The molecule has 3 heterocycles. The SMILES string of the molecule is Cc1ccc(COc2cc(F)cc(Oc3ccc(-c4nc(C5CC(O)(CO)C5)n5ccnc(N)c45)cc3)c2)s1. The van der Waals surface area contributed by atoms with E-state index in [2.05, 4.69) is 4.98 Å². The van der Waals surface area contributed by atoms with Crippen LogP contribution in [0.4, 0.5) is 10.2 Å². The minimum absolute atomic E-state index is 0.0129. The van der Waals surface area contributed by atoms with Gasteiger partial charge in [0.25, 0.3) is 0 Å². The lowest BCUT2D eigenvalue weighted by molar-refractivity contribution is -0.0882. The highest BCUT2D eigenvalue weighted by Gasteiger charge is 2.45. The number of imidazole rings is 1. The molecule has 0 unspecified atom stereocenters. The summed E-state index contributed by atoms with van der Waals surface area (Å²) in [5.41, 5.74) is 7.30. The number of nitrogen functional groups attached to an aromatic ring is 1. The van der Waals surface area contributed by atoms with E-state index in [1.54, 1.807) is 41.9 Å². The summed E-state index contributed by atoms with van der Waals surface area (Å²) < 4.78 is 27.9. The highest BCUT2D eigenvalue weighted by Crippen LogP contribution is 2.45.